The van der Waals surface area contributed by atoms with E-state index in [9.17, 15) is 10.5 Å². The maximum Gasteiger partial charge on any atom is 0.101 e. The zero-order valence-corrected chi connectivity index (χ0v) is 36.9. The maximum absolute atomic E-state index is 11.2. The van der Waals surface area contributed by atoms with Crippen LogP contribution in [0.3, 0.4) is 0 Å². The largest absolute Gasteiger partial charge is 0.308 e. The van der Waals surface area contributed by atoms with Crippen LogP contribution in [0.15, 0.2) is 78.9 Å². The van der Waals surface area contributed by atoms with Gasteiger partial charge in [-0.15, -0.1) is 0 Å². The SMILES string of the molecule is CC(C)(C)c1ccc2c(c1)c1cc(C(C)(C)C)ccc1n2-c1c(C#N)cc(C#N)c(-n2c3ccc(C(C)(C)C)cc3c3cc(C(C)(C)C)ccc32)c1C1CCCCC1. The number of nitriles is 2. The highest BCUT2D eigenvalue weighted by molar-refractivity contribution is 6.12. The molecule has 0 unspecified atom stereocenters. The zero-order valence-electron chi connectivity index (χ0n) is 36.9. The summed E-state index contributed by atoms with van der Waals surface area (Å²) in [7, 11) is 0. The van der Waals surface area contributed by atoms with E-state index < -0.39 is 0 Å². The Bertz CT molecular complexity index is 2530. The Morgan fingerprint density at radius 2 is 0.724 bits per heavy atom. The van der Waals surface area contributed by atoms with Crippen LogP contribution in [-0.2, 0) is 21.7 Å². The molecule has 5 aromatic carbocycles. The van der Waals surface area contributed by atoms with Crippen molar-refractivity contribution in [2.24, 2.45) is 0 Å². The molecule has 296 valence electrons. The van der Waals surface area contributed by atoms with Crippen LogP contribution in [0.1, 0.15) is 160 Å². The predicted molar refractivity (Wildman–Crippen MR) is 245 cm³/mol. The Labute approximate surface area is 346 Å². The lowest BCUT2D eigenvalue weighted by atomic mass is 9.80. The lowest BCUT2D eigenvalue weighted by Gasteiger charge is -2.30. The van der Waals surface area contributed by atoms with Crippen LogP contribution in [0.2, 0.25) is 0 Å². The molecule has 1 aliphatic rings. The first-order chi connectivity index (χ1) is 27.2. The van der Waals surface area contributed by atoms with Crippen LogP contribution < -0.4 is 0 Å². The van der Waals surface area contributed by atoms with Crippen LogP contribution in [0.5, 0.6) is 0 Å². The highest BCUT2D eigenvalue weighted by Crippen LogP contribution is 2.48. The average Bonchev–Trinajstić information content (AvgIpc) is 3.67. The number of rotatable bonds is 3. The summed E-state index contributed by atoms with van der Waals surface area (Å²) in [5, 5.41) is 27.2. The number of aromatic nitrogens is 2. The van der Waals surface area contributed by atoms with Crippen LogP contribution in [0, 0.1) is 22.7 Å². The van der Waals surface area contributed by atoms with E-state index in [1.54, 1.807) is 0 Å². The Morgan fingerprint density at radius 3 is 0.983 bits per heavy atom. The molecule has 4 nitrogen and oxygen atoms in total. The van der Waals surface area contributed by atoms with Gasteiger partial charge in [-0.3, -0.25) is 0 Å². The minimum absolute atomic E-state index is 0.0345. The molecule has 1 saturated carbocycles. The molecule has 0 saturated heterocycles. The third-order valence-corrected chi connectivity index (χ3v) is 13.0. The first-order valence-corrected chi connectivity index (χ1v) is 21.4. The molecule has 1 fully saturated rings. The fourth-order valence-corrected chi connectivity index (χ4v) is 9.51. The quantitative estimate of drug-likeness (QED) is 0.180. The Balaban J connectivity index is 1.58. The van der Waals surface area contributed by atoms with Crippen molar-refractivity contribution in [1.29, 1.82) is 10.5 Å². The van der Waals surface area contributed by atoms with E-state index in [1.807, 2.05) is 6.07 Å². The summed E-state index contributed by atoms with van der Waals surface area (Å²) < 4.78 is 4.78. The minimum atomic E-state index is -0.0345. The minimum Gasteiger partial charge on any atom is -0.308 e. The van der Waals surface area contributed by atoms with Crippen LogP contribution in [-0.4, -0.2) is 9.13 Å². The van der Waals surface area contributed by atoms with Crippen molar-refractivity contribution in [1.82, 2.24) is 9.13 Å². The number of benzene rings is 5. The smallest absolute Gasteiger partial charge is 0.101 e. The van der Waals surface area contributed by atoms with Gasteiger partial charge in [0.25, 0.3) is 0 Å². The van der Waals surface area contributed by atoms with E-state index in [-0.39, 0.29) is 27.6 Å². The summed E-state index contributed by atoms with van der Waals surface area (Å²) in [5.74, 6) is 0.171. The lowest BCUT2D eigenvalue weighted by molar-refractivity contribution is 0.442. The first kappa shape index (κ1) is 39.5. The monoisotopic (exact) mass is 764 g/mol. The van der Waals surface area contributed by atoms with E-state index in [0.29, 0.717) is 11.1 Å². The summed E-state index contributed by atoms with van der Waals surface area (Å²) >= 11 is 0. The summed E-state index contributed by atoms with van der Waals surface area (Å²) in [6, 6.07) is 34.9. The van der Waals surface area contributed by atoms with Gasteiger partial charge in [0.1, 0.15) is 12.1 Å². The van der Waals surface area contributed by atoms with Gasteiger partial charge in [0.05, 0.1) is 44.6 Å². The molecule has 0 atom stereocenters. The maximum atomic E-state index is 11.2. The van der Waals surface area contributed by atoms with Crippen LogP contribution in [0.4, 0.5) is 0 Å². The highest BCUT2D eigenvalue weighted by atomic mass is 15.0. The Morgan fingerprint density at radius 1 is 0.431 bits per heavy atom. The summed E-state index contributed by atoms with van der Waals surface area (Å²) in [6.07, 6.45) is 5.47. The lowest BCUT2D eigenvalue weighted by Crippen LogP contribution is -2.16. The van der Waals surface area contributed by atoms with Crippen molar-refractivity contribution in [2.45, 2.75) is 143 Å². The van der Waals surface area contributed by atoms with Crippen molar-refractivity contribution in [3.63, 3.8) is 0 Å². The standard InChI is InChI=1S/C54H60N4/c1-51(2,3)36-18-22-44-40(27-36)41-28-37(52(4,5)6)19-23-45(41)57(44)49-34(31-55)26-35(32-56)50(48(49)33-16-14-13-15-17-33)58-46-24-20-38(53(7,8)9)29-42(46)43-30-39(54(10,11)12)21-25-47(43)58/h18-30,33H,13-17H2,1-12H3. The van der Waals surface area contributed by atoms with Crippen molar-refractivity contribution in [2.75, 3.05) is 0 Å². The molecule has 0 N–H and O–H groups in total. The second-order valence-electron chi connectivity index (χ2n) is 21.2. The Hall–Kier alpha value is -5.32. The van der Waals surface area contributed by atoms with Crippen LogP contribution in [0.25, 0.3) is 55.0 Å². The molecule has 2 aromatic heterocycles. The van der Waals surface area contributed by atoms with Crippen molar-refractivity contribution in [3.05, 3.63) is 118 Å². The molecule has 4 heteroatoms. The van der Waals surface area contributed by atoms with E-state index in [0.717, 1.165) is 64.7 Å². The van der Waals surface area contributed by atoms with Gasteiger partial charge in [-0.1, -0.05) is 127 Å². The summed E-state index contributed by atoms with van der Waals surface area (Å²) in [6.45, 7) is 27.3. The van der Waals surface area contributed by atoms with Crippen molar-refractivity contribution in [3.8, 4) is 23.5 Å². The fraction of sp³-hybridized carbons (Fsp3) is 0.407. The third-order valence-electron chi connectivity index (χ3n) is 13.0. The molecule has 0 bridgehead atoms. The van der Waals surface area contributed by atoms with Gasteiger partial charge in [0.15, 0.2) is 0 Å². The number of hydrogen-bond acceptors (Lipinski definition) is 2. The molecule has 1 aliphatic carbocycles. The normalized spacial score (nSPS) is 14.8. The van der Waals surface area contributed by atoms with Gasteiger partial charge in [0.2, 0.25) is 0 Å². The molecule has 0 amide bonds. The van der Waals surface area contributed by atoms with E-state index >= 15 is 0 Å². The van der Waals surface area contributed by atoms with Crippen molar-refractivity contribution < 1.29 is 0 Å². The third kappa shape index (κ3) is 6.50. The van der Waals surface area contributed by atoms with Gasteiger partial charge in [-0.2, -0.15) is 10.5 Å². The van der Waals surface area contributed by atoms with Gasteiger partial charge < -0.3 is 9.13 Å². The van der Waals surface area contributed by atoms with Crippen molar-refractivity contribution >= 4 is 43.6 Å². The summed E-state index contributed by atoms with van der Waals surface area (Å²) in [4.78, 5) is 0. The van der Waals surface area contributed by atoms with Crippen LogP contribution >= 0.6 is 0 Å². The van der Waals surface area contributed by atoms with E-state index in [2.05, 4.69) is 177 Å². The molecule has 0 radical (unpaired) electrons. The predicted octanol–water partition coefficient (Wildman–Crippen LogP) is 14.9. The molecule has 58 heavy (non-hydrogen) atoms. The van der Waals surface area contributed by atoms with Gasteiger partial charge in [-0.05, 0) is 117 Å². The van der Waals surface area contributed by atoms with Gasteiger partial charge >= 0.3 is 0 Å². The first-order valence-electron chi connectivity index (χ1n) is 21.4. The fourth-order valence-electron chi connectivity index (χ4n) is 9.51. The average molecular weight is 765 g/mol. The molecular formula is C54H60N4. The van der Waals surface area contributed by atoms with E-state index in [4.69, 9.17) is 0 Å². The molecular weight excluding hydrogens is 705 g/mol. The number of hydrogen-bond donors (Lipinski definition) is 0. The Kier molecular flexibility index (Phi) is 9.28. The number of nitrogens with zero attached hydrogens (tertiary/aromatic N) is 4. The molecule has 0 aliphatic heterocycles. The second kappa shape index (κ2) is 13.6. The highest BCUT2D eigenvalue weighted by Gasteiger charge is 2.32. The van der Waals surface area contributed by atoms with Gasteiger partial charge in [-0.25, -0.2) is 0 Å². The number of fused-ring (bicyclic) bond motifs is 6. The molecule has 0 spiro atoms. The second-order valence-corrected chi connectivity index (χ2v) is 21.2. The van der Waals surface area contributed by atoms with E-state index in [1.165, 1.54) is 50.2 Å². The topological polar surface area (TPSA) is 57.4 Å². The summed E-state index contributed by atoms with van der Waals surface area (Å²) in [5.41, 5.74) is 13.4. The zero-order chi connectivity index (χ0) is 41.7. The molecule has 2 heterocycles. The molecule has 8 rings (SSSR count). The van der Waals surface area contributed by atoms with Gasteiger partial charge in [0, 0.05) is 27.1 Å². The molecule has 7 aromatic rings.